The van der Waals surface area contributed by atoms with E-state index in [9.17, 15) is 22.8 Å². The molecule has 0 aliphatic heterocycles. The van der Waals surface area contributed by atoms with Gasteiger partial charge in [-0.3, -0.25) is 14.3 Å². The number of amides is 1. The Labute approximate surface area is 163 Å². The third kappa shape index (κ3) is 6.20. The summed E-state index contributed by atoms with van der Waals surface area (Å²) in [6.07, 6.45) is -0.0280. The highest BCUT2D eigenvalue weighted by Crippen LogP contribution is 2.16. The van der Waals surface area contributed by atoms with Crippen LogP contribution in [0.3, 0.4) is 0 Å². The van der Waals surface area contributed by atoms with Gasteiger partial charge in [-0.25, -0.2) is 13.2 Å². The van der Waals surface area contributed by atoms with Crippen molar-refractivity contribution in [3.63, 3.8) is 0 Å². The van der Waals surface area contributed by atoms with E-state index in [-0.39, 0.29) is 17.0 Å². The van der Waals surface area contributed by atoms with E-state index >= 15 is 0 Å². The topological polar surface area (TPSA) is 119 Å². The van der Waals surface area contributed by atoms with Crippen molar-refractivity contribution in [2.45, 2.75) is 20.0 Å². The zero-order valence-electron chi connectivity index (χ0n) is 15.6. The van der Waals surface area contributed by atoms with Crippen LogP contribution in [0.2, 0.25) is 0 Å². The summed E-state index contributed by atoms with van der Waals surface area (Å²) in [6.45, 7) is 2.79. The van der Waals surface area contributed by atoms with Crippen molar-refractivity contribution in [3.05, 3.63) is 59.7 Å². The summed E-state index contributed by atoms with van der Waals surface area (Å²) in [5, 5.41) is 2.56. The van der Waals surface area contributed by atoms with Gasteiger partial charge in [0.15, 0.2) is 6.10 Å². The molecule has 2 aromatic carbocycles. The highest BCUT2D eigenvalue weighted by molar-refractivity contribution is 7.92. The number of hydrogen-bond donors (Lipinski definition) is 2. The van der Waals surface area contributed by atoms with Crippen molar-refractivity contribution in [2.75, 3.05) is 16.3 Å². The number of benzene rings is 2. The van der Waals surface area contributed by atoms with Gasteiger partial charge in [0.2, 0.25) is 21.7 Å². The predicted molar refractivity (Wildman–Crippen MR) is 105 cm³/mol. The Morgan fingerprint density at radius 3 is 2.18 bits per heavy atom. The first kappa shape index (κ1) is 21.1. The van der Waals surface area contributed by atoms with E-state index in [2.05, 4.69) is 10.0 Å². The number of ether oxygens (including phenoxy) is 1. The Kier molecular flexibility index (Phi) is 6.53. The third-order valence-corrected chi connectivity index (χ3v) is 4.15. The minimum Gasteiger partial charge on any atom is -0.451 e. The Balaban J connectivity index is 2.05. The molecule has 0 spiro atoms. The second-order valence-electron chi connectivity index (χ2n) is 6.13. The van der Waals surface area contributed by atoms with Crippen molar-refractivity contribution in [3.8, 4) is 0 Å². The SMILES string of the molecule is CC(=O)Nc1cccc(C(=O)O[C@H](C)C(=O)c2ccc(NS(C)(=O)=O)cc2)c1. The molecule has 0 saturated carbocycles. The standard InChI is InChI=1S/C19H20N2O6S/c1-12(18(23)14-7-9-16(10-8-14)21-28(3,25)26)27-19(24)15-5-4-6-17(11-15)20-13(2)22/h4-12,21H,1-3H3,(H,20,22)/t12-/m1/s1. The minimum absolute atomic E-state index is 0.193. The zero-order valence-corrected chi connectivity index (χ0v) is 16.4. The fourth-order valence-electron chi connectivity index (χ4n) is 2.36. The van der Waals surface area contributed by atoms with E-state index in [0.29, 0.717) is 11.4 Å². The molecule has 148 valence electrons. The maximum absolute atomic E-state index is 12.4. The molecule has 0 bridgehead atoms. The fraction of sp³-hybridized carbons (Fsp3) is 0.211. The molecule has 0 aromatic heterocycles. The molecular formula is C19H20N2O6S. The van der Waals surface area contributed by atoms with E-state index in [1.165, 1.54) is 50.2 Å². The maximum Gasteiger partial charge on any atom is 0.338 e. The average molecular weight is 404 g/mol. The molecule has 0 saturated heterocycles. The van der Waals surface area contributed by atoms with Gasteiger partial charge in [-0.2, -0.15) is 0 Å². The van der Waals surface area contributed by atoms with Gasteiger partial charge in [0.1, 0.15) is 0 Å². The van der Waals surface area contributed by atoms with Crippen LogP contribution >= 0.6 is 0 Å². The summed E-state index contributed by atoms with van der Waals surface area (Å²) >= 11 is 0. The highest BCUT2D eigenvalue weighted by atomic mass is 32.2. The number of sulfonamides is 1. The Morgan fingerprint density at radius 2 is 1.61 bits per heavy atom. The molecule has 2 rings (SSSR count). The lowest BCUT2D eigenvalue weighted by Crippen LogP contribution is -2.24. The largest absolute Gasteiger partial charge is 0.451 e. The number of nitrogens with one attached hydrogen (secondary N) is 2. The molecule has 0 aliphatic carbocycles. The lowest BCUT2D eigenvalue weighted by molar-refractivity contribution is -0.114. The molecule has 0 aliphatic rings. The van der Waals surface area contributed by atoms with E-state index in [0.717, 1.165) is 6.26 Å². The van der Waals surface area contributed by atoms with Crippen LogP contribution in [0.5, 0.6) is 0 Å². The number of Topliss-reactive ketones (excluding diaryl/α,β-unsaturated/α-hetero) is 1. The fourth-order valence-corrected chi connectivity index (χ4v) is 2.92. The molecule has 0 fully saturated rings. The van der Waals surface area contributed by atoms with Gasteiger partial charge in [0, 0.05) is 23.9 Å². The zero-order chi connectivity index (χ0) is 20.9. The lowest BCUT2D eigenvalue weighted by atomic mass is 10.1. The second kappa shape index (κ2) is 8.66. The van der Waals surface area contributed by atoms with Gasteiger partial charge in [-0.05, 0) is 49.4 Å². The summed E-state index contributed by atoms with van der Waals surface area (Å²) in [4.78, 5) is 35.8. The van der Waals surface area contributed by atoms with Crippen molar-refractivity contribution < 1.29 is 27.5 Å². The minimum atomic E-state index is -3.41. The average Bonchev–Trinajstić information content (AvgIpc) is 2.60. The van der Waals surface area contributed by atoms with Crippen molar-refractivity contribution in [1.29, 1.82) is 0 Å². The van der Waals surface area contributed by atoms with Crippen molar-refractivity contribution in [1.82, 2.24) is 0 Å². The number of carbonyl (C=O) groups is 3. The van der Waals surface area contributed by atoms with Crippen LogP contribution in [0.15, 0.2) is 48.5 Å². The molecule has 28 heavy (non-hydrogen) atoms. The van der Waals surface area contributed by atoms with Crippen LogP contribution in [0.4, 0.5) is 11.4 Å². The van der Waals surface area contributed by atoms with E-state index < -0.39 is 27.9 Å². The number of carbonyl (C=O) groups excluding carboxylic acids is 3. The van der Waals surface area contributed by atoms with Gasteiger partial charge in [0.05, 0.1) is 11.8 Å². The van der Waals surface area contributed by atoms with E-state index in [4.69, 9.17) is 4.74 Å². The predicted octanol–water partition coefficient (Wildman–Crippen LogP) is 2.44. The number of hydrogen-bond acceptors (Lipinski definition) is 6. The molecule has 0 unspecified atom stereocenters. The first-order chi connectivity index (χ1) is 13.0. The maximum atomic E-state index is 12.4. The summed E-state index contributed by atoms with van der Waals surface area (Å²) < 4.78 is 29.9. The Morgan fingerprint density at radius 1 is 0.964 bits per heavy atom. The summed E-state index contributed by atoms with van der Waals surface area (Å²) in [5.41, 5.74) is 1.22. The highest BCUT2D eigenvalue weighted by Gasteiger charge is 2.21. The van der Waals surface area contributed by atoms with Crippen LogP contribution in [0, 0.1) is 0 Å². The molecule has 0 heterocycles. The molecule has 8 nitrogen and oxygen atoms in total. The van der Waals surface area contributed by atoms with Gasteiger partial charge in [0.25, 0.3) is 0 Å². The first-order valence-corrected chi connectivity index (χ1v) is 10.1. The smallest absolute Gasteiger partial charge is 0.338 e. The first-order valence-electron chi connectivity index (χ1n) is 8.26. The third-order valence-electron chi connectivity index (χ3n) is 3.54. The second-order valence-corrected chi connectivity index (χ2v) is 7.87. The molecule has 1 amide bonds. The quantitative estimate of drug-likeness (QED) is 0.540. The van der Waals surface area contributed by atoms with Crippen LogP contribution in [0.1, 0.15) is 34.6 Å². The molecule has 2 N–H and O–H groups in total. The van der Waals surface area contributed by atoms with Crippen LogP contribution in [-0.2, 0) is 19.6 Å². The van der Waals surface area contributed by atoms with Crippen molar-refractivity contribution in [2.24, 2.45) is 0 Å². The van der Waals surface area contributed by atoms with E-state index in [1.807, 2.05) is 0 Å². The van der Waals surface area contributed by atoms with Gasteiger partial charge < -0.3 is 10.1 Å². The number of ketones is 1. The molecule has 0 radical (unpaired) electrons. The van der Waals surface area contributed by atoms with E-state index in [1.54, 1.807) is 12.1 Å². The Bertz CT molecular complexity index is 999. The lowest BCUT2D eigenvalue weighted by Gasteiger charge is -2.13. The number of anilines is 2. The summed E-state index contributed by atoms with van der Waals surface area (Å²) in [5.74, 6) is -1.41. The van der Waals surface area contributed by atoms with Crippen LogP contribution in [0.25, 0.3) is 0 Å². The molecule has 2 aromatic rings. The van der Waals surface area contributed by atoms with Gasteiger partial charge >= 0.3 is 5.97 Å². The Hall–Kier alpha value is -3.20. The summed E-state index contributed by atoms with van der Waals surface area (Å²) in [6, 6.07) is 11.9. The molecular weight excluding hydrogens is 384 g/mol. The molecule has 1 atom stereocenters. The van der Waals surface area contributed by atoms with Gasteiger partial charge in [-0.15, -0.1) is 0 Å². The number of esters is 1. The number of rotatable bonds is 7. The van der Waals surface area contributed by atoms with Crippen molar-refractivity contribution >= 4 is 39.1 Å². The normalized spacial score (nSPS) is 12.0. The monoisotopic (exact) mass is 404 g/mol. The van der Waals surface area contributed by atoms with Crippen LogP contribution in [-0.4, -0.2) is 38.4 Å². The van der Waals surface area contributed by atoms with Gasteiger partial charge in [-0.1, -0.05) is 6.07 Å². The summed E-state index contributed by atoms with van der Waals surface area (Å²) in [7, 11) is -3.41. The molecule has 9 heteroatoms. The van der Waals surface area contributed by atoms with Crippen LogP contribution < -0.4 is 10.0 Å².